The highest BCUT2D eigenvalue weighted by atomic mass is 32.2. The van der Waals surface area contributed by atoms with E-state index in [1.54, 1.807) is 11.3 Å². The van der Waals surface area contributed by atoms with Gasteiger partial charge in [0.15, 0.2) is 0 Å². The molecule has 3 heterocycles. The fraction of sp³-hybridized carbons (Fsp3) is 0.600. The van der Waals surface area contributed by atoms with Crippen LogP contribution in [-0.4, -0.2) is 71.8 Å². The number of aromatic nitrogens is 1. The topological polar surface area (TPSA) is 82.6 Å². The SMILES string of the molecule is O=C(NC1(C(F)(F)F)CC1)N1CC(S(=O)(=O)N2CCC(c3nc4ccccc4s3)CC2)C1. The number of hydrogen-bond donors (Lipinski definition) is 1. The zero-order valence-electron chi connectivity index (χ0n) is 17.1. The number of thiazole rings is 1. The van der Waals surface area contributed by atoms with Gasteiger partial charge in [-0.3, -0.25) is 0 Å². The first-order valence-corrected chi connectivity index (χ1v) is 12.9. The third kappa shape index (κ3) is 3.75. The van der Waals surface area contributed by atoms with Crippen LogP contribution in [0.3, 0.4) is 0 Å². The Labute approximate surface area is 187 Å². The van der Waals surface area contributed by atoms with E-state index in [4.69, 9.17) is 0 Å². The molecule has 0 spiro atoms. The van der Waals surface area contributed by atoms with Crippen molar-refractivity contribution >= 4 is 37.6 Å². The van der Waals surface area contributed by atoms with Gasteiger partial charge in [0.25, 0.3) is 0 Å². The molecule has 3 fully saturated rings. The van der Waals surface area contributed by atoms with Gasteiger partial charge in [0.2, 0.25) is 10.0 Å². The number of piperidine rings is 1. The van der Waals surface area contributed by atoms with E-state index in [0.29, 0.717) is 25.9 Å². The van der Waals surface area contributed by atoms with Gasteiger partial charge >= 0.3 is 12.2 Å². The second-order valence-electron chi connectivity index (χ2n) is 8.78. The molecule has 5 rings (SSSR count). The Morgan fingerprint density at radius 2 is 1.81 bits per heavy atom. The van der Waals surface area contributed by atoms with Gasteiger partial charge in [0, 0.05) is 32.1 Å². The number of sulfonamides is 1. The van der Waals surface area contributed by atoms with Crippen LogP contribution in [-0.2, 0) is 10.0 Å². The van der Waals surface area contributed by atoms with Crippen molar-refractivity contribution in [3.8, 4) is 0 Å². The van der Waals surface area contributed by atoms with Gasteiger partial charge in [0.05, 0.1) is 15.2 Å². The lowest BCUT2D eigenvalue weighted by molar-refractivity contribution is -0.163. The predicted molar refractivity (Wildman–Crippen MR) is 114 cm³/mol. The van der Waals surface area contributed by atoms with E-state index in [1.807, 2.05) is 29.6 Å². The molecule has 1 aliphatic carbocycles. The van der Waals surface area contributed by atoms with Gasteiger partial charge in [0.1, 0.15) is 10.8 Å². The van der Waals surface area contributed by atoms with Crippen molar-refractivity contribution < 1.29 is 26.4 Å². The number of para-hydroxylation sites is 1. The number of urea groups is 1. The molecule has 0 atom stereocenters. The molecule has 12 heteroatoms. The summed E-state index contributed by atoms with van der Waals surface area (Å²) in [7, 11) is -3.61. The maximum atomic E-state index is 13.0. The van der Waals surface area contributed by atoms with Crippen LogP contribution in [0.1, 0.15) is 36.6 Å². The van der Waals surface area contributed by atoms with Gasteiger partial charge < -0.3 is 10.2 Å². The first-order chi connectivity index (χ1) is 15.1. The van der Waals surface area contributed by atoms with E-state index in [1.165, 1.54) is 4.31 Å². The second kappa shape index (κ2) is 7.56. The van der Waals surface area contributed by atoms with Crippen molar-refractivity contribution in [2.45, 2.75) is 48.6 Å². The zero-order valence-corrected chi connectivity index (χ0v) is 18.8. The highest BCUT2D eigenvalue weighted by Gasteiger charge is 2.65. The zero-order chi connectivity index (χ0) is 22.7. The van der Waals surface area contributed by atoms with Crippen molar-refractivity contribution in [3.63, 3.8) is 0 Å². The molecule has 0 unspecified atom stereocenters. The summed E-state index contributed by atoms with van der Waals surface area (Å²) in [5, 5.41) is 2.30. The normalized spacial score (nSPS) is 22.7. The Morgan fingerprint density at radius 3 is 2.41 bits per heavy atom. The fourth-order valence-electron chi connectivity index (χ4n) is 4.31. The van der Waals surface area contributed by atoms with Gasteiger partial charge in [-0.2, -0.15) is 13.2 Å². The summed E-state index contributed by atoms with van der Waals surface area (Å²) in [6, 6.07) is 7.05. The largest absolute Gasteiger partial charge is 0.411 e. The van der Waals surface area contributed by atoms with Crippen LogP contribution in [0.25, 0.3) is 10.2 Å². The average Bonchev–Trinajstić information content (AvgIpc) is 3.36. The number of amides is 2. The summed E-state index contributed by atoms with van der Waals surface area (Å²) < 4.78 is 67.5. The Balaban J connectivity index is 1.15. The first-order valence-electron chi connectivity index (χ1n) is 10.6. The van der Waals surface area contributed by atoms with Gasteiger partial charge in [-0.15, -0.1) is 11.3 Å². The summed E-state index contributed by atoms with van der Waals surface area (Å²) in [5.41, 5.74) is -1.19. The number of fused-ring (bicyclic) bond motifs is 1. The summed E-state index contributed by atoms with van der Waals surface area (Å²) >= 11 is 1.64. The molecule has 1 saturated carbocycles. The van der Waals surface area contributed by atoms with E-state index in [0.717, 1.165) is 20.1 Å². The summed E-state index contributed by atoms with van der Waals surface area (Å²) in [5.74, 6) is 0.208. The van der Waals surface area contributed by atoms with Crippen molar-refractivity contribution in [1.82, 2.24) is 19.5 Å². The van der Waals surface area contributed by atoms with E-state index in [9.17, 15) is 26.4 Å². The quantitative estimate of drug-likeness (QED) is 0.716. The van der Waals surface area contributed by atoms with E-state index >= 15 is 0 Å². The molecule has 2 aromatic rings. The van der Waals surface area contributed by atoms with Gasteiger partial charge in [-0.05, 0) is 37.8 Å². The van der Waals surface area contributed by atoms with Crippen LogP contribution in [0.15, 0.2) is 24.3 Å². The lowest BCUT2D eigenvalue weighted by Crippen LogP contribution is -2.64. The van der Waals surface area contributed by atoms with E-state index < -0.39 is 33.0 Å². The second-order valence-corrected chi connectivity index (χ2v) is 12.1. The number of hydrogen-bond acceptors (Lipinski definition) is 5. The molecular weight excluding hydrogens is 465 g/mol. The molecule has 3 aliphatic rings. The third-order valence-corrected chi connectivity index (χ3v) is 10.1. The van der Waals surface area contributed by atoms with E-state index in [2.05, 4.69) is 4.98 Å². The Morgan fingerprint density at radius 1 is 1.16 bits per heavy atom. The Kier molecular flexibility index (Phi) is 5.17. The lowest BCUT2D eigenvalue weighted by Gasteiger charge is -2.42. The molecule has 2 amide bonds. The van der Waals surface area contributed by atoms with Crippen molar-refractivity contribution in [3.05, 3.63) is 29.3 Å². The van der Waals surface area contributed by atoms with Crippen LogP contribution >= 0.6 is 11.3 Å². The number of carbonyl (C=O) groups is 1. The summed E-state index contributed by atoms with van der Waals surface area (Å²) in [6.07, 6.45) is -3.43. The molecule has 2 aliphatic heterocycles. The number of alkyl halides is 3. The van der Waals surface area contributed by atoms with Crippen LogP contribution in [0, 0.1) is 0 Å². The molecular formula is C20H23F3N4O3S2. The highest BCUT2D eigenvalue weighted by Crippen LogP contribution is 2.49. The standard InChI is InChI=1S/C20H23F3N4O3S2/c21-20(22,23)19(7-8-19)25-18(28)26-11-14(12-26)32(29,30)27-9-5-13(6-10-27)17-24-15-3-1-2-4-16(15)31-17/h1-4,13-14H,5-12H2,(H,25,28). The third-order valence-electron chi connectivity index (χ3n) is 6.67. The monoisotopic (exact) mass is 488 g/mol. The van der Waals surface area contributed by atoms with Crippen molar-refractivity contribution in [1.29, 1.82) is 0 Å². The fourth-order valence-corrected chi connectivity index (χ4v) is 7.33. The molecule has 1 aromatic carbocycles. The van der Waals surface area contributed by atoms with Crippen molar-refractivity contribution in [2.75, 3.05) is 26.2 Å². The van der Waals surface area contributed by atoms with E-state index in [-0.39, 0.29) is 31.8 Å². The highest BCUT2D eigenvalue weighted by molar-refractivity contribution is 7.89. The Bertz CT molecular complexity index is 1100. The maximum absolute atomic E-state index is 13.0. The molecule has 0 radical (unpaired) electrons. The summed E-state index contributed by atoms with van der Waals surface area (Å²) in [6.45, 7) is 0.589. The maximum Gasteiger partial charge on any atom is 0.411 e. The first kappa shape index (κ1) is 21.9. The molecule has 7 nitrogen and oxygen atoms in total. The van der Waals surface area contributed by atoms with Crippen molar-refractivity contribution in [2.24, 2.45) is 0 Å². The van der Waals surface area contributed by atoms with Gasteiger partial charge in [-0.1, -0.05) is 12.1 Å². The number of likely N-dealkylation sites (tertiary alicyclic amines) is 1. The number of halogens is 3. The number of benzene rings is 1. The minimum absolute atomic E-state index is 0.0834. The minimum Gasteiger partial charge on any atom is -0.323 e. The van der Waals surface area contributed by atoms with Crippen LogP contribution < -0.4 is 5.32 Å². The Hall–Kier alpha value is -1.92. The molecule has 32 heavy (non-hydrogen) atoms. The number of nitrogens with zero attached hydrogens (tertiary/aromatic N) is 3. The number of nitrogens with one attached hydrogen (secondary N) is 1. The number of rotatable bonds is 4. The van der Waals surface area contributed by atoms with Crippen LogP contribution in [0.4, 0.5) is 18.0 Å². The molecule has 1 N–H and O–H groups in total. The molecule has 1 aromatic heterocycles. The predicted octanol–water partition coefficient (Wildman–Crippen LogP) is 3.29. The van der Waals surface area contributed by atoms with Crippen LogP contribution in [0.2, 0.25) is 0 Å². The summed E-state index contributed by atoms with van der Waals surface area (Å²) in [4.78, 5) is 18.0. The molecule has 2 saturated heterocycles. The smallest absolute Gasteiger partial charge is 0.323 e. The molecule has 174 valence electrons. The van der Waals surface area contributed by atoms with Gasteiger partial charge in [-0.25, -0.2) is 22.5 Å². The lowest BCUT2D eigenvalue weighted by atomic mass is 9.99. The number of carbonyl (C=O) groups excluding carboxylic acids is 1. The van der Waals surface area contributed by atoms with Crippen LogP contribution in [0.5, 0.6) is 0 Å². The minimum atomic E-state index is -4.49. The molecule has 0 bridgehead atoms. The average molecular weight is 489 g/mol.